The smallest absolute Gasteiger partial charge is 0.346 e. The van der Waals surface area contributed by atoms with Crippen molar-refractivity contribution in [3.05, 3.63) is 35.2 Å². The Balaban J connectivity index is 2.17. The molecule has 2 rings (SSSR count). The van der Waals surface area contributed by atoms with Crippen LogP contribution >= 0.6 is 11.6 Å². The number of nitrogens with zero attached hydrogens (tertiary/aromatic N) is 2. The number of hydrogen-bond donors (Lipinski definition) is 1. The van der Waals surface area contributed by atoms with Gasteiger partial charge in [0.2, 0.25) is 5.88 Å². The van der Waals surface area contributed by atoms with Gasteiger partial charge in [0, 0.05) is 18.3 Å². The maximum atomic E-state index is 13.3. The molecule has 2 N–H and O–H groups in total. The molecule has 0 radical (unpaired) electrons. The number of carbonyl (C=O) groups is 1. The van der Waals surface area contributed by atoms with Crippen LogP contribution in [-0.2, 0) is 9.53 Å². The van der Waals surface area contributed by atoms with E-state index in [-0.39, 0.29) is 28.3 Å². The summed E-state index contributed by atoms with van der Waals surface area (Å²) in [7, 11) is 1.25. The Morgan fingerprint density at radius 2 is 2.17 bits per heavy atom. The summed E-state index contributed by atoms with van der Waals surface area (Å²) >= 11 is 5.87. The van der Waals surface area contributed by atoms with E-state index in [2.05, 4.69) is 14.7 Å². The number of carbonyl (C=O) groups excluding carboxylic acids is 1. The molecule has 1 atom stereocenters. The van der Waals surface area contributed by atoms with Crippen LogP contribution in [0.25, 0.3) is 0 Å². The highest BCUT2D eigenvalue weighted by atomic mass is 35.5. The molecule has 0 fully saturated rings. The lowest BCUT2D eigenvalue weighted by Crippen LogP contribution is -2.25. The zero-order chi connectivity index (χ0) is 17.0. The molecule has 0 saturated heterocycles. The molecule has 0 aliphatic rings. The van der Waals surface area contributed by atoms with E-state index in [1.54, 1.807) is 0 Å². The number of hydrogen-bond acceptors (Lipinski definition) is 7. The van der Waals surface area contributed by atoms with Gasteiger partial charge >= 0.3 is 12.0 Å². The van der Waals surface area contributed by atoms with Gasteiger partial charge in [0.15, 0.2) is 11.9 Å². The van der Waals surface area contributed by atoms with Gasteiger partial charge in [-0.3, -0.25) is 0 Å². The number of esters is 1. The zero-order valence-electron chi connectivity index (χ0n) is 12.2. The highest BCUT2D eigenvalue weighted by Crippen LogP contribution is 2.31. The molecule has 0 bridgehead atoms. The van der Waals surface area contributed by atoms with Gasteiger partial charge < -0.3 is 19.9 Å². The van der Waals surface area contributed by atoms with E-state index in [9.17, 15) is 9.18 Å². The predicted octanol–water partition coefficient (Wildman–Crippen LogP) is 2.58. The van der Waals surface area contributed by atoms with Gasteiger partial charge in [-0.25, -0.2) is 14.2 Å². The quantitative estimate of drug-likeness (QED) is 0.659. The van der Waals surface area contributed by atoms with Crippen LogP contribution in [-0.4, -0.2) is 29.2 Å². The van der Waals surface area contributed by atoms with E-state index in [0.29, 0.717) is 0 Å². The summed E-state index contributed by atoms with van der Waals surface area (Å²) in [5, 5.41) is 0.00884. The topological polar surface area (TPSA) is 96.6 Å². The Labute approximate surface area is 136 Å². The molecule has 0 aliphatic carbocycles. The van der Waals surface area contributed by atoms with Crippen LogP contribution in [0.5, 0.6) is 17.6 Å². The Morgan fingerprint density at radius 3 is 2.87 bits per heavy atom. The second kappa shape index (κ2) is 7.10. The Hall–Kier alpha value is -2.61. The van der Waals surface area contributed by atoms with Gasteiger partial charge in [-0.1, -0.05) is 11.6 Å². The predicted molar refractivity (Wildman–Crippen MR) is 80.0 cm³/mol. The first-order chi connectivity index (χ1) is 10.9. The third-order valence-electron chi connectivity index (χ3n) is 2.69. The average molecular weight is 342 g/mol. The summed E-state index contributed by atoms with van der Waals surface area (Å²) < 4.78 is 28.5. The maximum absolute atomic E-state index is 13.3. The van der Waals surface area contributed by atoms with E-state index in [1.807, 2.05) is 0 Å². The lowest BCUT2D eigenvalue weighted by atomic mass is 10.3. The van der Waals surface area contributed by atoms with Gasteiger partial charge in [-0.05, 0) is 13.0 Å². The fourth-order valence-corrected chi connectivity index (χ4v) is 1.75. The minimum Gasteiger partial charge on any atom is -0.466 e. The van der Waals surface area contributed by atoms with Crippen molar-refractivity contribution < 1.29 is 23.4 Å². The number of aromatic nitrogens is 2. The van der Waals surface area contributed by atoms with Crippen LogP contribution < -0.4 is 15.2 Å². The van der Waals surface area contributed by atoms with Gasteiger partial charge in [0.25, 0.3) is 0 Å². The molecule has 23 heavy (non-hydrogen) atoms. The third kappa shape index (κ3) is 4.19. The second-order valence-corrected chi connectivity index (χ2v) is 4.77. The van der Waals surface area contributed by atoms with E-state index in [1.165, 1.54) is 32.4 Å². The van der Waals surface area contributed by atoms with Crippen molar-refractivity contribution in [2.75, 3.05) is 12.8 Å². The van der Waals surface area contributed by atoms with Gasteiger partial charge in [0.1, 0.15) is 5.82 Å². The first kappa shape index (κ1) is 16.8. The molecular weight excluding hydrogens is 329 g/mol. The van der Waals surface area contributed by atoms with Crippen molar-refractivity contribution in [3.8, 4) is 17.6 Å². The number of benzene rings is 1. The van der Waals surface area contributed by atoms with Crippen LogP contribution in [0.15, 0.2) is 24.4 Å². The third-order valence-corrected chi connectivity index (χ3v) is 2.99. The van der Waals surface area contributed by atoms with Crippen LogP contribution in [0.1, 0.15) is 6.92 Å². The molecule has 7 nitrogen and oxygen atoms in total. The van der Waals surface area contributed by atoms with Crippen molar-refractivity contribution >= 4 is 23.3 Å². The van der Waals surface area contributed by atoms with E-state index >= 15 is 0 Å². The van der Waals surface area contributed by atoms with Crippen molar-refractivity contribution in [2.45, 2.75) is 13.0 Å². The van der Waals surface area contributed by atoms with Gasteiger partial charge in [0.05, 0.1) is 17.8 Å². The molecule has 1 unspecified atom stereocenters. The first-order valence-electron chi connectivity index (χ1n) is 6.40. The number of nitrogens with two attached hydrogens (primary N) is 1. The molecule has 122 valence electrons. The average Bonchev–Trinajstić information content (AvgIpc) is 2.52. The monoisotopic (exact) mass is 341 g/mol. The Kier molecular flexibility index (Phi) is 5.17. The summed E-state index contributed by atoms with van der Waals surface area (Å²) in [6.45, 7) is 1.51. The molecule has 0 spiro atoms. The Morgan fingerprint density at radius 1 is 1.43 bits per heavy atom. The fourth-order valence-electron chi connectivity index (χ4n) is 1.56. The minimum absolute atomic E-state index is 0.00884. The summed E-state index contributed by atoms with van der Waals surface area (Å²) in [5.74, 6) is -1.03. The molecule has 0 aliphatic heterocycles. The SMILES string of the molecule is COC(=O)C(C)Oc1ccnc(Oc2cc(N)c(F)cc2Cl)n1. The number of ether oxygens (including phenoxy) is 3. The standard InChI is InChI=1S/C14H13ClFN3O4/c1-7(13(20)21-2)22-12-3-4-18-14(19-12)23-11-6-10(17)9(16)5-8(11)15/h3-7H,17H2,1-2H3. The zero-order valence-corrected chi connectivity index (χ0v) is 13.0. The number of methoxy groups -OCH3 is 1. The molecule has 1 heterocycles. The maximum Gasteiger partial charge on any atom is 0.346 e. The van der Waals surface area contributed by atoms with Crippen molar-refractivity contribution in [1.82, 2.24) is 9.97 Å². The minimum atomic E-state index is -0.854. The van der Waals surface area contributed by atoms with Gasteiger partial charge in [-0.2, -0.15) is 4.98 Å². The van der Waals surface area contributed by atoms with Crippen LogP contribution in [0.3, 0.4) is 0 Å². The molecule has 0 saturated carbocycles. The molecule has 0 amide bonds. The van der Waals surface area contributed by atoms with E-state index < -0.39 is 17.9 Å². The lowest BCUT2D eigenvalue weighted by Gasteiger charge is -2.12. The Bertz CT molecular complexity index is 729. The summed E-state index contributed by atoms with van der Waals surface area (Å²) in [6.07, 6.45) is 0.510. The summed E-state index contributed by atoms with van der Waals surface area (Å²) in [6, 6.07) is 3.57. The second-order valence-electron chi connectivity index (χ2n) is 4.37. The molecular formula is C14H13ClFN3O4. The lowest BCUT2D eigenvalue weighted by molar-refractivity contribution is -0.148. The molecule has 2 aromatic rings. The first-order valence-corrected chi connectivity index (χ1v) is 6.78. The summed E-state index contributed by atoms with van der Waals surface area (Å²) in [4.78, 5) is 19.2. The largest absolute Gasteiger partial charge is 0.466 e. The number of anilines is 1. The highest BCUT2D eigenvalue weighted by Gasteiger charge is 2.16. The number of rotatable bonds is 5. The van der Waals surface area contributed by atoms with Crippen molar-refractivity contribution in [3.63, 3.8) is 0 Å². The molecule has 1 aromatic carbocycles. The molecule has 9 heteroatoms. The van der Waals surface area contributed by atoms with Gasteiger partial charge in [-0.15, -0.1) is 0 Å². The molecule has 1 aromatic heterocycles. The van der Waals surface area contributed by atoms with E-state index in [4.69, 9.17) is 26.8 Å². The highest BCUT2D eigenvalue weighted by molar-refractivity contribution is 6.32. The number of nitrogen functional groups attached to an aromatic ring is 1. The van der Waals surface area contributed by atoms with Crippen LogP contribution in [0.4, 0.5) is 10.1 Å². The number of halogens is 2. The fraction of sp³-hybridized carbons (Fsp3) is 0.214. The van der Waals surface area contributed by atoms with E-state index in [0.717, 1.165) is 6.07 Å². The normalized spacial score (nSPS) is 11.7. The summed E-state index contributed by atoms with van der Waals surface area (Å²) in [5.41, 5.74) is 5.33. The van der Waals surface area contributed by atoms with Crippen molar-refractivity contribution in [2.24, 2.45) is 0 Å². The van der Waals surface area contributed by atoms with Crippen molar-refractivity contribution in [1.29, 1.82) is 0 Å². The van der Waals surface area contributed by atoms with Crippen LogP contribution in [0.2, 0.25) is 5.02 Å². The van der Waals surface area contributed by atoms with Crippen LogP contribution in [0, 0.1) is 5.82 Å².